The lowest BCUT2D eigenvalue weighted by Gasteiger charge is -2.26. The van der Waals surface area contributed by atoms with Gasteiger partial charge in [-0.1, -0.05) is 0 Å². The Bertz CT molecular complexity index is 259. The van der Waals surface area contributed by atoms with Crippen molar-refractivity contribution in [1.82, 2.24) is 10.6 Å². The number of rotatable bonds is 5. The van der Waals surface area contributed by atoms with Crippen LogP contribution >= 0.6 is 0 Å². The predicted octanol–water partition coefficient (Wildman–Crippen LogP) is -0.388. The van der Waals surface area contributed by atoms with Crippen LogP contribution in [0.25, 0.3) is 0 Å². The predicted molar refractivity (Wildman–Crippen MR) is 59.1 cm³/mol. The summed E-state index contributed by atoms with van der Waals surface area (Å²) in [6.45, 7) is 7.16. The van der Waals surface area contributed by atoms with Crippen LogP contribution in [0, 0.1) is 5.41 Å². The molecule has 0 atom stereocenters. The van der Waals surface area contributed by atoms with Crippen LogP contribution in [-0.2, 0) is 9.59 Å². The Hall–Kier alpha value is -1.10. The van der Waals surface area contributed by atoms with E-state index in [0.29, 0.717) is 0 Å². The molecule has 0 aliphatic rings. The quantitative estimate of drug-likeness (QED) is 0.584. The topological polar surface area (TPSA) is 84.2 Å². The lowest BCUT2D eigenvalue weighted by Crippen LogP contribution is -2.54. The maximum atomic E-state index is 11.6. The largest absolute Gasteiger partial charge is 0.369 e. The molecule has 0 spiro atoms. The molecule has 0 fully saturated rings. The fourth-order valence-electron chi connectivity index (χ4n) is 0.723. The van der Waals surface area contributed by atoms with Crippen molar-refractivity contribution in [2.24, 2.45) is 11.1 Å². The normalized spacial score (nSPS) is 12.3. The van der Waals surface area contributed by atoms with Crippen LogP contribution in [-0.4, -0.2) is 30.9 Å². The van der Waals surface area contributed by atoms with Crippen LogP contribution < -0.4 is 16.4 Å². The molecule has 0 unspecified atom stereocenters. The third-order valence-corrected chi connectivity index (χ3v) is 2.55. The maximum absolute atomic E-state index is 11.6. The third kappa shape index (κ3) is 3.87. The minimum absolute atomic E-state index is 0.153. The first-order chi connectivity index (χ1) is 6.63. The highest BCUT2D eigenvalue weighted by atomic mass is 16.2. The minimum Gasteiger partial charge on any atom is -0.369 e. The molecule has 0 aliphatic heterocycles. The number of carbonyl (C=O) groups excluding carboxylic acids is 2. The highest BCUT2D eigenvalue weighted by molar-refractivity contribution is 5.86. The lowest BCUT2D eigenvalue weighted by molar-refractivity contribution is -0.129. The highest BCUT2D eigenvalue weighted by Crippen LogP contribution is 2.12. The van der Waals surface area contributed by atoms with Crippen molar-refractivity contribution in [2.45, 2.75) is 33.2 Å². The van der Waals surface area contributed by atoms with Gasteiger partial charge in [0, 0.05) is 6.54 Å². The van der Waals surface area contributed by atoms with Gasteiger partial charge in [-0.05, 0) is 34.7 Å². The zero-order valence-corrected chi connectivity index (χ0v) is 10.1. The van der Waals surface area contributed by atoms with E-state index in [4.69, 9.17) is 5.73 Å². The van der Waals surface area contributed by atoms with Gasteiger partial charge in [0.15, 0.2) is 0 Å². The Morgan fingerprint density at radius 1 is 1.20 bits per heavy atom. The monoisotopic (exact) mass is 215 g/mol. The average Bonchev–Trinajstić information content (AvgIpc) is 2.13. The van der Waals surface area contributed by atoms with Gasteiger partial charge in [0.05, 0.1) is 11.0 Å². The smallest absolute Gasteiger partial charge is 0.239 e. The van der Waals surface area contributed by atoms with Crippen LogP contribution in [0.4, 0.5) is 0 Å². The van der Waals surface area contributed by atoms with Gasteiger partial charge in [0.1, 0.15) is 0 Å². The molecule has 5 heteroatoms. The van der Waals surface area contributed by atoms with Gasteiger partial charge in [-0.3, -0.25) is 9.59 Å². The summed E-state index contributed by atoms with van der Waals surface area (Å²) in [5.74, 6) is -0.579. The zero-order chi connectivity index (χ0) is 12.3. The molecule has 0 radical (unpaired) electrons. The fraction of sp³-hybridized carbons (Fsp3) is 0.800. The molecule has 0 heterocycles. The van der Waals surface area contributed by atoms with Gasteiger partial charge in [0.2, 0.25) is 11.8 Å². The van der Waals surface area contributed by atoms with Crippen LogP contribution in [0.3, 0.4) is 0 Å². The van der Waals surface area contributed by atoms with Crippen molar-refractivity contribution >= 4 is 11.8 Å². The molecular weight excluding hydrogens is 194 g/mol. The molecule has 0 saturated carbocycles. The second kappa shape index (κ2) is 4.61. The molecule has 4 N–H and O–H groups in total. The molecular formula is C10H21N3O2. The van der Waals surface area contributed by atoms with Gasteiger partial charge in [-0.25, -0.2) is 0 Å². The summed E-state index contributed by atoms with van der Waals surface area (Å²) in [6, 6.07) is 0. The van der Waals surface area contributed by atoms with E-state index in [-0.39, 0.29) is 12.5 Å². The first-order valence-corrected chi connectivity index (χ1v) is 4.90. The fourth-order valence-corrected chi connectivity index (χ4v) is 0.723. The Morgan fingerprint density at radius 3 is 2.00 bits per heavy atom. The Labute approximate surface area is 90.8 Å². The van der Waals surface area contributed by atoms with E-state index in [1.807, 2.05) is 0 Å². The molecule has 0 rings (SSSR count). The number of carbonyl (C=O) groups is 2. The average molecular weight is 215 g/mol. The molecule has 0 aromatic carbocycles. The summed E-state index contributed by atoms with van der Waals surface area (Å²) in [6.07, 6.45) is 0. The molecule has 0 aromatic heterocycles. The number of nitrogens with two attached hydrogens (primary N) is 1. The van der Waals surface area contributed by atoms with Crippen LogP contribution in [0.15, 0.2) is 0 Å². The van der Waals surface area contributed by atoms with Crippen molar-refractivity contribution in [1.29, 1.82) is 0 Å². The number of hydrogen-bond donors (Lipinski definition) is 3. The standard InChI is InChI=1S/C10H21N3O2/c1-9(2,7(11)14)6-13-8(15)10(3,4)12-5/h12H,6H2,1-5H3,(H2,11,14)(H,13,15). The molecule has 5 nitrogen and oxygen atoms in total. The summed E-state index contributed by atoms with van der Waals surface area (Å²) >= 11 is 0. The second-order valence-electron chi connectivity index (χ2n) is 4.81. The van der Waals surface area contributed by atoms with Crippen molar-refractivity contribution in [3.05, 3.63) is 0 Å². The summed E-state index contributed by atoms with van der Waals surface area (Å²) in [5, 5.41) is 5.57. The van der Waals surface area contributed by atoms with Gasteiger partial charge in [-0.15, -0.1) is 0 Å². The van der Waals surface area contributed by atoms with Crippen LogP contribution in [0.1, 0.15) is 27.7 Å². The van der Waals surface area contributed by atoms with Crippen LogP contribution in [0.2, 0.25) is 0 Å². The van der Waals surface area contributed by atoms with Gasteiger partial charge in [0.25, 0.3) is 0 Å². The molecule has 0 saturated heterocycles. The summed E-state index contributed by atoms with van der Waals surface area (Å²) < 4.78 is 0. The first-order valence-electron chi connectivity index (χ1n) is 4.90. The van der Waals surface area contributed by atoms with E-state index in [1.165, 1.54) is 0 Å². The number of amides is 2. The molecule has 0 aliphatic carbocycles. The number of primary amides is 1. The molecule has 88 valence electrons. The molecule has 15 heavy (non-hydrogen) atoms. The number of nitrogens with one attached hydrogen (secondary N) is 2. The SMILES string of the molecule is CNC(C)(C)C(=O)NCC(C)(C)C(N)=O. The molecule has 2 amide bonds. The van der Waals surface area contributed by atoms with Crippen molar-refractivity contribution < 1.29 is 9.59 Å². The van der Waals surface area contributed by atoms with Crippen molar-refractivity contribution in [3.8, 4) is 0 Å². The van der Waals surface area contributed by atoms with E-state index < -0.39 is 16.9 Å². The maximum Gasteiger partial charge on any atom is 0.239 e. The third-order valence-electron chi connectivity index (χ3n) is 2.55. The Kier molecular flexibility index (Phi) is 4.27. The Morgan fingerprint density at radius 2 is 1.67 bits per heavy atom. The minimum atomic E-state index is -0.723. The summed E-state index contributed by atoms with van der Waals surface area (Å²) in [5.41, 5.74) is 3.82. The van der Waals surface area contributed by atoms with E-state index in [1.54, 1.807) is 34.7 Å². The van der Waals surface area contributed by atoms with E-state index in [9.17, 15) is 9.59 Å². The van der Waals surface area contributed by atoms with Crippen molar-refractivity contribution in [3.63, 3.8) is 0 Å². The van der Waals surface area contributed by atoms with E-state index in [2.05, 4.69) is 10.6 Å². The van der Waals surface area contributed by atoms with Crippen LogP contribution in [0.5, 0.6) is 0 Å². The first kappa shape index (κ1) is 13.9. The van der Waals surface area contributed by atoms with E-state index in [0.717, 1.165) is 0 Å². The number of likely N-dealkylation sites (N-methyl/N-ethyl adjacent to an activating group) is 1. The molecule has 0 aromatic rings. The molecule has 0 bridgehead atoms. The lowest BCUT2D eigenvalue weighted by atomic mass is 9.92. The van der Waals surface area contributed by atoms with Gasteiger partial charge in [-0.2, -0.15) is 0 Å². The number of hydrogen-bond acceptors (Lipinski definition) is 3. The van der Waals surface area contributed by atoms with Gasteiger partial charge >= 0.3 is 0 Å². The second-order valence-corrected chi connectivity index (χ2v) is 4.81. The summed E-state index contributed by atoms with van der Waals surface area (Å²) in [7, 11) is 1.71. The zero-order valence-electron chi connectivity index (χ0n) is 10.1. The highest BCUT2D eigenvalue weighted by Gasteiger charge is 2.29. The van der Waals surface area contributed by atoms with Gasteiger partial charge < -0.3 is 16.4 Å². The van der Waals surface area contributed by atoms with E-state index >= 15 is 0 Å². The Balaban J connectivity index is 4.30. The summed E-state index contributed by atoms with van der Waals surface area (Å²) in [4.78, 5) is 22.6. The van der Waals surface area contributed by atoms with Crippen molar-refractivity contribution in [2.75, 3.05) is 13.6 Å².